The van der Waals surface area contributed by atoms with Crippen LogP contribution in [0.25, 0.3) is 0 Å². The quantitative estimate of drug-likeness (QED) is 0.312. The van der Waals surface area contributed by atoms with Crippen molar-refractivity contribution in [2.75, 3.05) is 0 Å². The van der Waals surface area contributed by atoms with Gasteiger partial charge in [-0.25, -0.2) is 0 Å². The zero-order valence-electron chi connectivity index (χ0n) is 15.2. The van der Waals surface area contributed by atoms with E-state index in [0.717, 1.165) is 0 Å². The minimum absolute atomic E-state index is 1.25. The SMILES string of the molecule is CCCCCCCCCCCCc1cccc(CCCC)c1. The van der Waals surface area contributed by atoms with Crippen LogP contribution in [0.3, 0.4) is 0 Å². The van der Waals surface area contributed by atoms with Gasteiger partial charge in [0.2, 0.25) is 0 Å². The van der Waals surface area contributed by atoms with Gasteiger partial charge < -0.3 is 0 Å². The van der Waals surface area contributed by atoms with Crippen molar-refractivity contribution in [3.05, 3.63) is 35.4 Å². The lowest BCUT2D eigenvalue weighted by atomic mass is 10.0. The van der Waals surface area contributed by atoms with Crippen molar-refractivity contribution < 1.29 is 0 Å². The van der Waals surface area contributed by atoms with E-state index in [9.17, 15) is 0 Å². The Morgan fingerprint density at radius 1 is 0.545 bits per heavy atom. The Kier molecular flexibility index (Phi) is 12.1. The molecule has 0 fully saturated rings. The summed E-state index contributed by atoms with van der Waals surface area (Å²) in [6, 6.07) is 9.28. The average molecular weight is 303 g/mol. The van der Waals surface area contributed by atoms with Crippen LogP contribution in [0.4, 0.5) is 0 Å². The standard InChI is InChI=1S/C22H38/c1-3-5-7-8-9-10-11-12-13-14-17-22-19-15-18-21(20-22)16-6-4-2/h15,18-20H,3-14,16-17H2,1-2H3. The number of hydrogen-bond donors (Lipinski definition) is 0. The van der Waals surface area contributed by atoms with Crippen molar-refractivity contribution in [3.63, 3.8) is 0 Å². The van der Waals surface area contributed by atoms with Gasteiger partial charge in [-0.3, -0.25) is 0 Å². The van der Waals surface area contributed by atoms with Crippen molar-refractivity contribution in [2.45, 2.75) is 104 Å². The van der Waals surface area contributed by atoms with Crippen LogP contribution in [0, 0.1) is 0 Å². The van der Waals surface area contributed by atoms with Gasteiger partial charge in [-0.05, 0) is 36.8 Å². The highest BCUT2D eigenvalue weighted by atomic mass is 14.0. The summed E-state index contributed by atoms with van der Waals surface area (Å²) in [4.78, 5) is 0. The van der Waals surface area contributed by atoms with Gasteiger partial charge in [0, 0.05) is 0 Å². The third-order valence-electron chi connectivity index (χ3n) is 4.63. The minimum atomic E-state index is 1.25. The normalized spacial score (nSPS) is 11.0. The molecule has 126 valence electrons. The Bertz CT molecular complexity index is 353. The first-order chi connectivity index (χ1) is 10.9. The number of benzene rings is 1. The molecule has 0 unspecified atom stereocenters. The molecule has 0 saturated heterocycles. The van der Waals surface area contributed by atoms with E-state index in [1.165, 1.54) is 95.5 Å². The Labute approximate surface area is 139 Å². The van der Waals surface area contributed by atoms with E-state index in [1.807, 2.05) is 0 Å². The zero-order valence-corrected chi connectivity index (χ0v) is 15.2. The maximum Gasteiger partial charge on any atom is -0.0279 e. The highest BCUT2D eigenvalue weighted by Crippen LogP contribution is 2.14. The minimum Gasteiger partial charge on any atom is -0.0654 e. The van der Waals surface area contributed by atoms with Crippen molar-refractivity contribution in [3.8, 4) is 0 Å². The Hall–Kier alpha value is -0.780. The molecule has 0 nitrogen and oxygen atoms in total. The molecule has 1 rings (SSSR count). The highest BCUT2D eigenvalue weighted by Gasteiger charge is 1.97. The van der Waals surface area contributed by atoms with Crippen molar-refractivity contribution in [1.29, 1.82) is 0 Å². The molecule has 0 N–H and O–H groups in total. The van der Waals surface area contributed by atoms with Gasteiger partial charge in [0.1, 0.15) is 0 Å². The Morgan fingerprint density at radius 3 is 1.55 bits per heavy atom. The fourth-order valence-electron chi connectivity index (χ4n) is 3.14. The summed E-state index contributed by atoms with van der Waals surface area (Å²) in [6.45, 7) is 4.56. The van der Waals surface area contributed by atoms with Crippen molar-refractivity contribution in [1.82, 2.24) is 0 Å². The van der Waals surface area contributed by atoms with Gasteiger partial charge in [0.15, 0.2) is 0 Å². The summed E-state index contributed by atoms with van der Waals surface area (Å²) in [5.41, 5.74) is 3.08. The van der Waals surface area contributed by atoms with E-state index in [0.29, 0.717) is 0 Å². The molecule has 0 aliphatic heterocycles. The largest absolute Gasteiger partial charge is 0.0654 e. The molecule has 0 aliphatic rings. The molecule has 0 aliphatic carbocycles. The van der Waals surface area contributed by atoms with Crippen LogP contribution in [0.1, 0.15) is 102 Å². The first-order valence-corrected chi connectivity index (χ1v) is 9.94. The molecule has 1 aromatic carbocycles. The fraction of sp³-hybridized carbons (Fsp3) is 0.727. The van der Waals surface area contributed by atoms with E-state index < -0.39 is 0 Å². The molecular weight excluding hydrogens is 264 g/mol. The maximum atomic E-state index is 2.43. The van der Waals surface area contributed by atoms with Crippen molar-refractivity contribution >= 4 is 0 Å². The topological polar surface area (TPSA) is 0 Å². The Balaban J connectivity index is 2.00. The van der Waals surface area contributed by atoms with Crippen LogP contribution >= 0.6 is 0 Å². The smallest absolute Gasteiger partial charge is 0.0279 e. The summed E-state index contributed by atoms with van der Waals surface area (Å²) in [6.07, 6.45) is 19.4. The summed E-state index contributed by atoms with van der Waals surface area (Å²) in [7, 11) is 0. The predicted octanol–water partition coefficient (Wildman–Crippen LogP) is 7.49. The summed E-state index contributed by atoms with van der Waals surface area (Å²) in [5, 5.41) is 0. The molecule has 0 radical (unpaired) electrons. The molecule has 0 heteroatoms. The molecule has 0 heterocycles. The van der Waals surface area contributed by atoms with Gasteiger partial charge >= 0.3 is 0 Å². The van der Waals surface area contributed by atoms with Crippen LogP contribution < -0.4 is 0 Å². The highest BCUT2D eigenvalue weighted by molar-refractivity contribution is 5.23. The second-order valence-corrected chi connectivity index (χ2v) is 6.86. The molecule has 22 heavy (non-hydrogen) atoms. The number of hydrogen-bond acceptors (Lipinski definition) is 0. The lowest BCUT2D eigenvalue weighted by Crippen LogP contribution is -1.90. The van der Waals surface area contributed by atoms with Crippen LogP contribution in [-0.2, 0) is 12.8 Å². The molecule has 0 amide bonds. The molecule has 0 spiro atoms. The summed E-state index contributed by atoms with van der Waals surface area (Å²) >= 11 is 0. The van der Waals surface area contributed by atoms with E-state index in [2.05, 4.69) is 38.1 Å². The zero-order chi connectivity index (χ0) is 15.9. The lowest BCUT2D eigenvalue weighted by Gasteiger charge is -2.05. The van der Waals surface area contributed by atoms with Crippen LogP contribution in [0.5, 0.6) is 0 Å². The molecule has 0 atom stereocenters. The molecule has 0 aromatic heterocycles. The van der Waals surface area contributed by atoms with E-state index in [-0.39, 0.29) is 0 Å². The monoisotopic (exact) mass is 302 g/mol. The number of rotatable bonds is 14. The second-order valence-electron chi connectivity index (χ2n) is 6.86. The van der Waals surface area contributed by atoms with Gasteiger partial charge in [-0.1, -0.05) is 102 Å². The summed E-state index contributed by atoms with van der Waals surface area (Å²) in [5.74, 6) is 0. The molecule has 0 saturated carbocycles. The van der Waals surface area contributed by atoms with Crippen molar-refractivity contribution in [2.24, 2.45) is 0 Å². The molecule has 0 bridgehead atoms. The average Bonchev–Trinajstić information content (AvgIpc) is 2.55. The van der Waals surface area contributed by atoms with Gasteiger partial charge in [-0.15, -0.1) is 0 Å². The first-order valence-electron chi connectivity index (χ1n) is 9.94. The number of aryl methyl sites for hydroxylation is 2. The lowest BCUT2D eigenvalue weighted by molar-refractivity contribution is 0.556. The van der Waals surface area contributed by atoms with E-state index in [4.69, 9.17) is 0 Å². The molecular formula is C22H38. The third kappa shape index (κ3) is 10.0. The Morgan fingerprint density at radius 2 is 1.00 bits per heavy atom. The summed E-state index contributed by atoms with van der Waals surface area (Å²) < 4.78 is 0. The first kappa shape index (κ1) is 19.3. The van der Waals surface area contributed by atoms with Gasteiger partial charge in [0.05, 0.1) is 0 Å². The third-order valence-corrected chi connectivity index (χ3v) is 4.63. The molecule has 1 aromatic rings. The fourth-order valence-corrected chi connectivity index (χ4v) is 3.14. The maximum absolute atomic E-state index is 2.43. The van der Waals surface area contributed by atoms with E-state index in [1.54, 1.807) is 5.56 Å². The number of unbranched alkanes of at least 4 members (excludes halogenated alkanes) is 10. The van der Waals surface area contributed by atoms with Crippen LogP contribution in [0.2, 0.25) is 0 Å². The van der Waals surface area contributed by atoms with Gasteiger partial charge in [-0.2, -0.15) is 0 Å². The van der Waals surface area contributed by atoms with Crippen LogP contribution in [0.15, 0.2) is 24.3 Å². The predicted molar refractivity (Wildman–Crippen MR) is 101 cm³/mol. The van der Waals surface area contributed by atoms with E-state index >= 15 is 0 Å². The van der Waals surface area contributed by atoms with Gasteiger partial charge in [0.25, 0.3) is 0 Å². The second kappa shape index (κ2) is 13.9. The van der Waals surface area contributed by atoms with Crippen LogP contribution in [-0.4, -0.2) is 0 Å².